The Kier molecular flexibility index (Phi) is 5.42. The number of rotatable bonds is 6. The van der Waals surface area contributed by atoms with E-state index in [1.54, 1.807) is 14.2 Å². The maximum absolute atomic E-state index is 5.54. The third kappa shape index (κ3) is 3.66. The average molecular weight is 381 g/mol. The summed E-state index contributed by atoms with van der Waals surface area (Å²) in [6, 6.07) is 12.2. The molecule has 1 fully saturated rings. The largest absolute Gasteiger partial charge is 0.493 e. The highest BCUT2D eigenvalue weighted by Gasteiger charge is 2.34. The van der Waals surface area contributed by atoms with Gasteiger partial charge in [-0.15, -0.1) is 0 Å². The van der Waals surface area contributed by atoms with Crippen molar-refractivity contribution in [3.63, 3.8) is 0 Å². The molecule has 1 aliphatic carbocycles. The van der Waals surface area contributed by atoms with Crippen molar-refractivity contribution in [3.8, 4) is 23.0 Å². The molecule has 148 valence electrons. The van der Waals surface area contributed by atoms with Crippen molar-refractivity contribution in [2.45, 2.75) is 37.5 Å². The fourth-order valence-electron chi connectivity index (χ4n) is 4.25. The van der Waals surface area contributed by atoms with Crippen molar-refractivity contribution in [2.75, 3.05) is 27.6 Å². The van der Waals surface area contributed by atoms with Crippen LogP contribution in [0.1, 0.15) is 43.2 Å². The Morgan fingerprint density at radius 2 is 1.71 bits per heavy atom. The fraction of sp³-hybridized carbons (Fsp3) is 0.435. The van der Waals surface area contributed by atoms with Crippen molar-refractivity contribution in [1.29, 1.82) is 0 Å². The number of fused-ring (bicyclic) bond motifs is 1. The Morgan fingerprint density at radius 3 is 2.50 bits per heavy atom. The molecular weight excluding hydrogens is 354 g/mol. The second-order valence-corrected chi connectivity index (χ2v) is 7.49. The smallest absolute Gasteiger partial charge is 0.231 e. The van der Waals surface area contributed by atoms with E-state index >= 15 is 0 Å². The second kappa shape index (κ2) is 8.13. The van der Waals surface area contributed by atoms with E-state index in [-0.39, 0.29) is 5.41 Å². The van der Waals surface area contributed by atoms with Gasteiger partial charge >= 0.3 is 0 Å². The number of nitrogens with zero attached hydrogens (tertiary/aromatic N) is 1. The van der Waals surface area contributed by atoms with Crippen LogP contribution in [-0.4, -0.2) is 33.8 Å². The summed E-state index contributed by atoms with van der Waals surface area (Å²) in [5.74, 6) is 3.13. The number of aliphatic imine (C=N–C) groups is 1. The summed E-state index contributed by atoms with van der Waals surface area (Å²) in [5.41, 5.74) is 2.36. The molecule has 0 spiro atoms. The summed E-state index contributed by atoms with van der Waals surface area (Å²) < 4.78 is 21.8. The highest BCUT2D eigenvalue weighted by molar-refractivity contribution is 5.81. The van der Waals surface area contributed by atoms with E-state index in [0.717, 1.165) is 47.9 Å². The van der Waals surface area contributed by atoms with Crippen molar-refractivity contribution >= 4 is 6.21 Å². The van der Waals surface area contributed by atoms with Crippen molar-refractivity contribution in [3.05, 3.63) is 47.5 Å². The number of hydrogen-bond donors (Lipinski definition) is 0. The molecule has 1 saturated carbocycles. The molecule has 5 heteroatoms. The number of benzene rings is 2. The van der Waals surface area contributed by atoms with Gasteiger partial charge in [0.25, 0.3) is 0 Å². The molecule has 4 rings (SSSR count). The maximum Gasteiger partial charge on any atom is 0.231 e. The van der Waals surface area contributed by atoms with Crippen molar-refractivity contribution in [2.24, 2.45) is 4.99 Å². The van der Waals surface area contributed by atoms with E-state index in [9.17, 15) is 0 Å². The number of methoxy groups -OCH3 is 2. The van der Waals surface area contributed by atoms with E-state index in [4.69, 9.17) is 23.9 Å². The van der Waals surface area contributed by atoms with Gasteiger partial charge in [0.1, 0.15) is 0 Å². The molecule has 1 heterocycles. The molecule has 0 bridgehead atoms. The van der Waals surface area contributed by atoms with Gasteiger partial charge in [-0.1, -0.05) is 25.3 Å². The summed E-state index contributed by atoms with van der Waals surface area (Å²) in [4.78, 5) is 4.84. The first kappa shape index (κ1) is 18.7. The topological polar surface area (TPSA) is 49.3 Å². The average Bonchev–Trinajstić information content (AvgIpc) is 3.22. The number of hydrogen-bond acceptors (Lipinski definition) is 5. The molecule has 0 amide bonds. The molecule has 2 aliphatic rings. The summed E-state index contributed by atoms with van der Waals surface area (Å²) in [7, 11) is 3.36. The van der Waals surface area contributed by atoms with Gasteiger partial charge in [-0.2, -0.15) is 0 Å². The van der Waals surface area contributed by atoms with Crippen LogP contribution in [0, 0.1) is 0 Å². The van der Waals surface area contributed by atoms with Crippen LogP contribution in [0.2, 0.25) is 0 Å². The van der Waals surface area contributed by atoms with Crippen LogP contribution in [0.5, 0.6) is 23.0 Å². The predicted octanol–water partition coefficient (Wildman–Crippen LogP) is 4.75. The molecule has 2 aromatic carbocycles. The lowest BCUT2D eigenvalue weighted by Gasteiger charge is -2.37. The quantitative estimate of drug-likeness (QED) is 0.678. The Balaban J connectivity index is 1.57. The normalized spacial score (nSPS) is 17.6. The minimum Gasteiger partial charge on any atom is -0.493 e. The third-order valence-electron chi connectivity index (χ3n) is 5.84. The lowest BCUT2D eigenvalue weighted by Crippen LogP contribution is -2.32. The first-order valence-electron chi connectivity index (χ1n) is 9.86. The van der Waals surface area contributed by atoms with Gasteiger partial charge in [-0.3, -0.25) is 4.99 Å². The van der Waals surface area contributed by atoms with Crippen LogP contribution in [0.3, 0.4) is 0 Å². The highest BCUT2D eigenvalue weighted by atomic mass is 16.7. The van der Waals surface area contributed by atoms with Gasteiger partial charge in [0.05, 0.1) is 14.2 Å². The molecule has 2 aromatic rings. The van der Waals surface area contributed by atoms with Crippen molar-refractivity contribution in [1.82, 2.24) is 0 Å². The zero-order chi connectivity index (χ0) is 19.4. The van der Waals surface area contributed by atoms with Crippen LogP contribution in [0.15, 0.2) is 41.4 Å². The second-order valence-electron chi connectivity index (χ2n) is 7.49. The predicted molar refractivity (Wildman–Crippen MR) is 109 cm³/mol. The van der Waals surface area contributed by atoms with Gasteiger partial charge in [0, 0.05) is 18.2 Å². The highest BCUT2D eigenvalue weighted by Crippen LogP contribution is 2.42. The van der Waals surface area contributed by atoms with E-state index < -0.39 is 0 Å². The SMILES string of the molecule is COc1ccc(C2(CN=Cc3ccc4c(c3)OCO4)CCCCC2)cc1OC. The molecular formula is C23H27NO4. The third-order valence-corrected chi connectivity index (χ3v) is 5.84. The van der Waals surface area contributed by atoms with E-state index in [2.05, 4.69) is 12.1 Å². The van der Waals surface area contributed by atoms with Gasteiger partial charge < -0.3 is 18.9 Å². The van der Waals surface area contributed by atoms with E-state index in [1.807, 2.05) is 30.5 Å². The summed E-state index contributed by atoms with van der Waals surface area (Å²) in [6.07, 6.45) is 7.98. The molecule has 0 unspecified atom stereocenters. The Hall–Kier alpha value is -2.69. The standard InChI is InChI=1S/C23H27NO4/c1-25-19-9-7-18(13-21(19)26-2)23(10-4-3-5-11-23)15-24-14-17-6-8-20-22(12-17)28-16-27-20/h6-9,12-14H,3-5,10-11,15-16H2,1-2H3. The number of ether oxygens (including phenoxy) is 4. The molecule has 0 radical (unpaired) electrons. The van der Waals surface area contributed by atoms with Crippen LogP contribution in [0.4, 0.5) is 0 Å². The summed E-state index contributed by atoms with van der Waals surface area (Å²) >= 11 is 0. The lowest BCUT2D eigenvalue weighted by molar-refractivity contribution is 0.174. The van der Waals surface area contributed by atoms with Gasteiger partial charge in [0.2, 0.25) is 6.79 Å². The first-order valence-corrected chi connectivity index (χ1v) is 9.86. The maximum atomic E-state index is 5.54. The molecule has 0 aromatic heterocycles. The lowest BCUT2D eigenvalue weighted by atomic mass is 9.69. The Labute approximate surface area is 166 Å². The molecule has 0 N–H and O–H groups in total. The van der Waals surface area contributed by atoms with E-state index in [1.165, 1.54) is 24.8 Å². The van der Waals surface area contributed by atoms with Gasteiger partial charge in [-0.25, -0.2) is 0 Å². The molecule has 0 saturated heterocycles. The zero-order valence-electron chi connectivity index (χ0n) is 16.6. The first-order chi connectivity index (χ1) is 13.7. The minimum atomic E-state index is 0.0463. The minimum absolute atomic E-state index is 0.0463. The summed E-state index contributed by atoms with van der Waals surface area (Å²) in [5, 5.41) is 0. The van der Waals surface area contributed by atoms with Crippen LogP contribution >= 0.6 is 0 Å². The molecule has 1 aliphatic heterocycles. The monoisotopic (exact) mass is 381 g/mol. The Bertz CT molecular complexity index is 856. The van der Waals surface area contributed by atoms with Crippen LogP contribution in [0.25, 0.3) is 0 Å². The van der Waals surface area contributed by atoms with Gasteiger partial charge in [-0.05, 0) is 54.3 Å². The zero-order valence-corrected chi connectivity index (χ0v) is 16.6. The molecule has 28 heavy (non-hydrogen) atoms. The molecule has 5 nitrogen and oxygen atoms in total. The van der Waals surface area contributed by atoms with Crippen LogP contribution in [-0.2, 0) is 5.41 Å². The van der Waals surface area contributed by atoms with Crippen molar-refractivity contribution < 1.29 is 18.9 Å². The van der Waals surface area contributed by atoms with Gasteiger partial charge in [0.15, 0.2) is 23.0 Å². The fourth-order valence-corrected chi connectivity index (χ4v) is 4.25. The Morgan fingerprint density at radius 1 is 0.929 bits per heavy atom. The van der Waals surface area contributed by atoms with E-state index in [0.29, 0.717) is 6.79 Å². The summed E-state index contributed by atoms with van der Waals surface area (Å²) in [6.45, 7) is 1.05. The van der Waals surface area contributed by atoms with Crippen LogP contribution < -0.4 is 18.9 Å². The molecule has 0 atom stereocenters.